The third kappa shape index (κ3) is 3.11. The Morgan fingerprint density at radius 1 is 0.970 bits per heavy atom. The Morgan fingerprint density at radius 3 is 2.09 bits per heavy atom. The van der Waals surface area contributed by atoms with Crippen LogP contribution >= 0.6 is 11.6 Å². The minimum Gasteiger partial charge on any atom is -0.497 e. The van der Waals surface area contributed by atoms with Gasteiger partial charge < -0.3 is 4.74 Å². The minimum absolute atomic E-state index is 0.118. The van der Waals surface area contributed by atoms with Gasteiger partial charge in [-0.25, -0.2) is 0 Å². The summed E-state index contributed by atoms with van der Waals surface area (Å²) < 4.78 is 5.24. The number of halogens is 1. The molecule has 6 atom stereocenters. The van der Waals surface area contributed by atoms with Crippen LogP contribution < -0.4 is 9.64 Å². The van der Waals surface area contributed by atoms with Gasteiger partial charge in [-0.1, -0.05) is 23.8 Å². The lowest BCUT2D eigenvalue weighted by molar-refractivity contribution is -0.140. The lowest BCUT2D eigenvalue weighted by Crippen LogP contribution is -2.45. The highest BCUT2D eigenvalue weighted by molar-refractivity contribution is 6.30. The van der Waals surface area contributed by atoms with Crippen molar-refractivity contribution < 1.29 is 19.1 Å². The van der Waals surface area contributed by atoms with E-state index in [1.54, 1.807) is 55.6 Å². The monoisotopic (exact) mass is 462 g/mol. The van der Waals surface area contributed by atoms with E-state index >= 15 is 0 Å². The van der Waals surface area contributed by atoms with Crippen molar-refractivity contribution in [2.24, 2.45) is 35.5 Å². The summed E-state index contributed by atoms with van der Waals surface area (Å²) in [7, 11) is 1.57. The van der Waals surface area contributed by atoms with Crippen molar-refractivity contribution in [1.82, 2.24) is 4.90 Å². The quantitative estimate of drug-likeness (QED) is 0.497. The van der Waals surface area contributed by atoms with Crippen LogP contribution in [0.5, 0.6) is 5.75 Å². The van der Waals surface area contributed by atoms with E-state index in [2.05, 4.69) is 12.2 Å². The van der Waals surface area contributed by atoms with Crippen LogP contribution in [0.25, 0.3) is 0 Å². The molecule has 0 aromatic heterocycles. The van der Waals surface area contributed by atoms with Gasteiger partial charge in [0.1, 0.15) is 12.4 Å². The summed E-state index contributed by atoms with van der Waals surface area (Å²) >= 11 is 6.00. The van der Waals surface area contributed by atoms with Gasteiger partial charge in [-0.3, -0.25) is 24.2 Å². The zero-order valence-electron chi connectivity index (χ0n) is 18.1. The van der Waals surface area contributed by atoms with Crippen molar-refractivity contribution in [3.8, 4) is 5.75 Å². The van der Waals surface area contributed by atoms with Gasteiger partial charge in [0.05, 0.1) is 18.9 Å². The molecule has 33 heavy (non-hydrogen) atoms. The first-order chi connectivity index (χ1) is 16.0. The average molecular weight is 463 g/mol. The number of imide groups is 1. The molecule has 168 valence electrons. The van der Waals surface area contributed by atoms with E-state index in [-0.39, 0.29) is 48.1 Å². The molecule has 2 aromatic rings. The third-order valence-corrected chi connectivity index (χ3v) is 8.01. The molecule has 2 aromatic carbocycles. The van der Waals surface area contributed by atoms with E-state index in [1.165, 1.54) is 9.80 Å². The molecule has 7 heteroatoms. The fourth-order valence-electron chi connectivity index (χ4n) is 6.07. The summed E-state index contributed by atoms with van der Waals surface area (Å²) in [5.74, 6) is 0.807. The van der Waals surface area contributed by atoms with Gasteiger partial charge in [-0.05, 0) is 78.6 Å². The number of rotatable bonds is 5. The van der Waals surface area contributed by atoms with Crippen molar-refractivity contribution in [3.63, 3.8) is 0 Å². The normalized spacial score (nSPS) is 30.8. The summed E-state index contributed by atoms with van der Waals surface area (Å²) in [5, 5.41) is 0.526. The number of hydrogen-bond acceptors (Lipinski definition) is 4. The van der Waals surface area contributed by atoms with E-state index in [0.717, 1.165) is 6.42 Å². The number of hydrogen-bond donors (Lipinski definition) is 0. The molecule has 2 saturated carbocycles. The Balaban J connectivity index is 1.33. The maximum Gasteiger partial charge on any atom is 0.259 e. The Hall–Kier alpha value is -3.12. The second-order valence-corrected chi connectivity index (χ2v) is 9.78. The number of anilines is 1. The summed E-state index contributed by atoms with van der Waals surface area (Å²) in [6, 6.07) is 13.6. The largest absolute Gasteiger partial charge is 0.497 e. The zero-order chi connectivity index (χ0) is 22.9. The smallest absolute Gasteiger partial charge is 0.259 e. The van der Waals surface area contributed by atoms with Crippen molar-refractivity contribution >= 4 is 35.0 Å². The van der Waals surface area contributed by atoms with Gasteiger partial charge >= 0.3 is 0 Å². The van der Waals surface area contributed by atoms with Crippen molar-refractivity contribution in [2.75, 3.05) is 18.7 Å². The zero-order valence-corrected chi connectivity index (χ0v) is 18.8. The number of nitrogens with zero attached hydrogens (tertiary/aromatic N) is 2. The van der Waals surface area contributed by atoms with Crippen LogP contribution in [-0.2, 0) is 9.59 Å². The number of likely N-dealkylation sites (tertiary alicyclic amines) is 1. The topological polar surface area (TPSA) is 66.9 Å². The molecule has 0 radical (unpaired) electrons. The van der Waals surface area contributed by atoms with Crippen LogP contribution in [0.15, 0.2) is 60.7 Å². The van der Waals surface area contributed by atoms with Gasteiger partial charge in [0.2, 0.25) is 11.8 Å². The molecule has 6 nitrogen and oxygen atoms in total. The second-order valence-electron chi connectivity index (χ2n) is 9.34. The highest BCUT2D eigenvalue weighted by Gasteiger charge is 2.67. The Bertz CT molecular complexity index is 1140. The lowest BCUT2D eigenvalue weighted by Gasteiger charge is -2.37. The van der Waals surface area contributed by atoms with Gasteiger partial charge in [0.15, 0.2) is 0 Å². The molecule has 3 amide bonds. The number of carbonyl (C=O) groups is 3. The van der Waals surface area contributed by atoms with Crippen LogP contribution in [0.2, 0.25) is 5.02 Å². The molecule has 1 aliphatic heterocycles. The Morgan fingerprint density at radius 2 is 1.55 bits per heavy atom. The number of methoxy groups -OCH3 is 1. The Kier molecular flexibility index (Phi) is 4.63. The molecule has 2 bridgehead atoms. The van der Waals surface area contributed by atoms with Crippen molar-refractivity contribution in [3.05, 3.63) is 71.3 Å². The average Bonchev–Trinajstić information content (AvgIpc) is 3.63. The third-order valence-electron chi connectivity index (χ3n) is 7.76. The fourth-order valence-corrected chi connectivity index (χ4v) is 6.20. The number of benzene rings is 2. The predicted molar refractivity (Wildman–Crippen MR) is 123 cm³/mol. The molecule has 0 spiro atoms. The Labute approximate surface area is 196 Å². The highest BCUT2D eigenvalue weighted by atomic mass is 35.5. The maximum absolute atomic E-state index is 13.5. The van der Waals surface area contributed by atoms with E-state index in [1.807, 2.05) is 0 Å². The van der Waals surface area contributed by atoms with E-state index in [9.17, 15) is 14.4 Å². The van der Waals surface area contributed by atoms with Crippen LogP contribution in [0.4, 0.5) is 5.69 Å². The van der Waals surface area contributed by atoms with Crippen LogP contribution in [0.1, 0.15) is 16.8 Å². The van der Waals surface area contributed by atoms with Crippen LogP contribution in [-0.4, -0.2) is 36.4 Å². The lowest BCUT2D eigenvalue weighted by atomic mass is 9.63. The van der Waals surface area contributed by atoms with Crippen LogP contribution in [0, 0.1) is 35.5 Å². The molecule has 0 N–H and O–H groups in total. The summed E-state index contributed by atoms with van der Waals surface area (Å²) in [5.41, 5.74) is 1.00. The van der Waals surface area contributed by atoms with E-state index < -0.39 is 0 Å². The molecule has 0 unspecified atom stereocenters. The molecule has 5 aliphatic rings. The summed E-state index contributed by atoms with van der Waals surface area (Å²) in [4.78, 5) is 43.2. The van der Waals surface area contributed by atoms with Crippen molar-refractivity contribution in [2.45, 2.75) is 6.42 Å². The second kappa shape index (κ2) is 7.45. The molecular formula is C26H23ClN2O4. The highest BCUT2D eigenvalue weighted by Crippen LogP contribution is 2.65. The standard InChI is InChI=1S/C26H23ClN2O4/c1-33-17-8-6-16(7-9-17)28(24(30)14-2-4-15(27)5-3-14)13-29-25(31)22-18-10-11-19(21-12-20(18)21)23(22)26(29)32/h2-11,18-23H,12-13H2,1H3/t18-,19+,20-,21-,22+,23-/m1/s1. The first-order valence-corrected chi connectivity index (χ1v) is 11.6. The number of amides is 3. The molecule has 7 rings (SSSR count). The summed E-state index contributed by atoms with van der Waals surface area (Å²) in [6.45, 7) is -0.118. The summed E-state index contributed by atoms with van der Waals surface area (Å²) in [6.07, 6.45) is 5.41. The van der Waals surface area contributed by atoms with E-state index in [0.29, 0.717) is 33.9 Å². The number of carbonyl (C=O) groups excluding carboxylic acids is 3. The van der Waals surface area contributed by atoms with Gasteiger partial charge in [-0.2, -0.15) is 0 Å². The SMILES string of the molecule is COc1ccc(N(CN2C(=O)[C@@H]3[C@H]4C=C[C@H]([C@H]5C[C@H]45)[C@@H]3C2=O)C(=O)c2ccc(Cl)cc2)cc1. The van der Waals surface area contributed by atoms with Gasteiger partial charge in [-0.15, -0.1) is 0 Å². The van der Waals surface area contributed by atoms with Crippen molar-refractivity contribution in [1.29, 1.82) is 0 Å². The first kappa shape index (κ1) is 20.5. The van der Waals surface area contributed by atoms with E-state index in [4.69, 9.17) is 16.3 Å². The van der Waals surface area contributed by atoms with Gasteiger partial charge in [0, 0.05) is 16.3 Å². The fraction of sp³-hybridized carbons (Fsp3) is 0.346. The number of allylic oxidation sites excluding steroid dienone is 2. The molecule has 3 fully saturated rings. The maximum atomic E-state index is 13.5. The molecule has 4 aliphatic carbocycles. The molecule has 1 saturated heterocycles. The first-order valence-electron chi connectivity index (χ1n) is 11.2. The van der Waals surface area contributed by atoms with Gasteiger partial charge in [0.25, 0.3) is 5.91 Å². The molecule has 1 heterocycles. The molecular weight excluding hydrogens is 440 g/mol. The minimum atomic E-state index is -0.309. The van der Waals surface area contributed by atoms with Crippen LogP contribution in [0.3, 0.4) is 0 Å². The predicted octanol–water partition coefficient (Wildman–Crippen LogP) is 4.01. The number of ether oxygens (including phenoxy) is 1.